The van der Waals surface area contributed by atoms with Gasteiger partial charge < -0.3 is 15.1 Å². The summed E-state index contributed by atoms with van der Waals surface area (Å²) in [6.45, 7) is 6.13. The lowest BCUT2D eigenvalue weighted by atomic mass is 10.3. The van der Waals surface area contributed by atoms with Gasteiger partial charge in [-0.25, -0.2) is 15.0 Å². The lowest BCUT2D eigenvalue weighted by molar-refractivity contribution is 0.524. The van der Waals surface area contributed by atoms with Crippen LogP contribution in [0.3, 0.4) is 0 Å². The number of benzene rings is 1. The fraction of sp³-hybridized carbons (Fsp3) is 0.286. The molecular formula is C21H23N5OS2. The minimum atomic E-state index is 0.468. The fourth-order valence-corrected chi connectivity index (χ4v) is 4.46. The van der Waals surface area contributed by atoms with E-state index in [2.05, 4.69) is 44.0 Å². The quantitative estimate of drug-likeness (QED) is 0.334. The zero-order valence-electron chi connectivity index (χ0n) is 16.4. The zero-order valence-corrected chi connectivity index (χ0v) is 18.1. The topological polar surface area (TPSA) is 75.3 Å². The van der Waals surface area contributed by atoms with Gasteiger partial charge in [0.25, 0.3) is 0 Å². The summed E-state index contributed by atoms with van der Waals surface area (Å²) in [5, 5.41) is 10.7. The Kier molecular flexibility index (Phi) is 6.21. The van der Waals surface area contributed by atoms with E-state index in [-0.39, 0.29) is 0 Å². The summed E-state index contributed by atoms with van der Waals surface area (Å²) in [7, 11) is 0. The summed E-state index contributed by atoms with van der Waals surface area (Å²) < 4.78 is 7.14. The standard InChI is InChI=1S/C21H23N5OS2/c1-3-22-21(23-11-10-15-13-28-14(2)25-15)24-12-16-8-9-18(27-16)20-26-17-6-4-5-7-19(17)29-20/h4-9,13H,3,10-12H2,1-2H3,(H2,22,23,24). The lowest BCUT2D eigenvalue weighted by Gasteiger charge is -2.10. The Balaban J connectivity index is 1.38. The van der Waals surface area contributed by atoms with E-state index in [0.29, 0.717) is 6.54 Å². The molecule has 6 nitrogen and oxygen atoms in total. The van der Waals surface area contributed by atoms with Crippen LogP contribution in [0, 0.1) is 6.92 Å². The third kappa shape index (κ3) is 5.02. The second-order valence-corrected chi connectivity index (χ2v) is 8.58. The monoisotopic (exact) mass is 425 g/mol. The summed E-state index contributed by atoms with van der Waals surface area (Å²) in [6.07, 6.45) is 0.872. The third-order valence-electron chi connectivity index (χ3n) is 4.24. The molecule has 0 radical (unpaired) electrons. The number of thiazole rings is 2. The lowest BCUT2D eigenvalue weighted by Crippen LogP contribution is -2.38. The number of hydrogen-bond donors (Lipinski definition) is 2. The molecule has 3 heterocycles. The second kappa shape index (κ2) is 9.19. The van der Waals surface area contributed by atoms with Crippen molar-refractivity contribution >= 4 is 38.8 Å². The first-order chi connectivity index (χ1) is 14.2. The van der Waals surface area contributed by atoms with Gasteiger partial charge in [-0.2, -0.15) is 0 Å². The van der Waals surface area contributed by atoms with Crippen LogP contribution in [-0.2, 0) is 13.0 Å². The summed E-state index contributed by atoms with van der Waals surface area (Å²) >= 11 is 3.32. The molecule has 4 rings (SSSR count). The van der Waals surface area contributed by atoms with E-state index in [4.69, 9.17) is 4.42 Å². The Hall–Kier alpha value is -2.71. The van der Waals surface area contributed by atoms with Crippen molar-refractivity contribution < 1.29 is 4.42 Å². The molecule has 0 unspecified atom stereocenters. The van der Waals surface area contributed by atoms with E-state index in [9.17, 15) is 0 Å². The molecular weight excluding hydrogens is 402 g/mol. The molecule has 0 fully saturated rings. The van der Waals surface area contributed by atoms with Crippen LogP contribution in [-0.4, -0.2) is 29.0 Å². The number of aliphatic imine (C=N–C) groups is 1. The van der Waals surface area contributed by atoms with Crippen molar-refractivity contribution in [3.63, 3.8) is 0 Å². The van der Waals surface area contributed by atoms with Crippen LogP contribution >= 0.6 is 22.7 Å². The summed E-state index contributed by atoms with van der Waals surface area (Å²) in [6, 6.07) is 12.0. The van der Waals surface area contributed by atoms with Crippen LogP contribution in [0.2, 0.25) is 0 Å². The van der Waals surface area contributed by atoms with E-state index in [1.807, 2.05) is 37.3 Å². The van der Waals surface area contributed by atoms with Crippen LogP contribution < -0.4 is 10.6 Å². The van der Waals surface area contributed by atoms with Crippen LogP contribution in [0.4, 0.5) is 0 Å². The van der Waals surface area contributed by atoms with Crippen molar-refractivity contribution in [2.75, 3.05) is 13.1 Å². The molecule has 0 aliphatic carbocycles. The van der Waals surface area contributed by atoms with E-state index >= 15 is 0 Å². The normalized spacial score (nSPS) is 11.9. The molecule has 2 N–H and O–H groups in total. The van der Waals surface area contributed by atoms with Crippen molar-refractivity contribution in [1.82, 2.24) is 20.6 Å². The number of nitrogens with zero attached hydrogens (tertiary/aromatic N) is 3. The van der Waals surface area contributed by atoms with Crippen molar-refractivity contribution in [2.24, 2.45) is 4.99 Å². The van der Waals surface area contributed by atoms with Gasteiger partial charge in [0, 0.05) is 24.9 Å². The molecule has 29 heavy (non-hydrogen) atoms. The zero-order chi connectivity index (χ0) is 20.1. The van der Waals surface area contributed by atoms with E-state index in [1.54, 1.807) is 22.7 Å². The molecule has 0 bridgehead atoms. The molecule has 8 heteroatoms. The average Bonchev–Trinajstić information content (AvgIpc) is 3.45. The van der Waals surface area contributed by atoms with Gasteiger partial charge in [0.05, 0.1) is 20.9 Å². The molecule has 0 spiro atoms. The molecule has 0 aliphatic rings. The Labute approximate surface area is 177 Å². The summed E-state index contributed by atoms with van der Waals surface area (Å²) in [4.78, 5) is 13.8. The number of hydrogen-bond acceptors (Lipinski definition) is 6. The number of fused-ring (bicyclic) bond motifs is 1. The SMILES string of the molecule is CCNC(=NCc1ccc(-c2nc3ccccc3s2)o1)NCCc1csc(C)n1. The van der Waals surface area contributed by atoms with Crippen LogP contribution in [0.1, 0.15) is 23.4 Å². The van der Waals surface area contributed by atoms with Gasteiger partial charge >= 0.3 is 0 Å². The Bertz CT molecular complexity index is 1080. The number of nitrogens with one attached hydrogen (secondary N) is 2. The maximum atomic E-state index is 5.98. The number of aromatic nitrogens is 2. The average molecular weight is 426 g/mol. The number of guanidine groups is 1. The maximum absolute atomic E-state index is 5.98. The van der Waals surface area contributed by atoms with Crippen molar-refractivity contribution in [3.05, 3.63) is 58.2 Å². The maximum Gasteiger partial charge on any atom is 0.191 e. The first kappa shape index (κ1) is 19.6. The highest BCUT2D eigenvalue weighted by molar-refractivity contribution is 7.21. The van der Waals surface area contributed by atoms with E-state index in [0.717, 1.165) is 62.9 Å². The van der Waals surface area contributed by atoms with Gasteiger partial charge in [-0.3, -0.25) is 0 Å². The highest BCUT2D eigenvalue weighted by atomic mass is 32.1. The van der Waals surface area contributed by atoms with E-state index < -0.39 is 0 Å². The largest absolute Gasteiger partial charge is 0.457 e. The van der Waals surface area contributed by atoms with Crippen LogP contribution in [0.5, 0.6) is 0 Å². The Morgan fingerprint density at radius 1 is 1.14 bits per heavy atom. The number of rotatable bonds is 7. The molecule has 4 aromatic rings. The smallest absolute Gasteiger partial charge is 0.191 e. The molecule has 0 saturated carbocycles. The van der Waals surface area contributed by atoms with E-state index in [1.165, 1.54) is 0 Å². The minimum Gasteiger partial charge on any atom is -0.457 e. The summed E-state index contributed by atoms with van der Waals surface area (Å²) in [5.74, 6) is 2.37. The molecule has 1 aromatic carbocycles. The molecule has 3 aromatic heterocycles. The molecule has 0 aliphatic heterocycles. The summed E-state index contributed by atoms with van der Waals surface area (Å²) in [5.41, 5.74) is 2.11. The third-order valence-corrected chi connectivity index (χ3v) is 6.12. The second-order valence-electron chi connectivity index (χ2n) is 6.48. The van der Waals surface area contributed by atoms with Crippen molar-refractivity contribution in [2.45, 2.75) is 26.8 Å². The van der Waals surface area contributed by atoms with Crippen molar-refractivity contribution in [1.29, 1.82) is 0 Å². The Morgan fingerprint density at radius 2 is 2.03 bits per heavy atom. The van der Waals surface area contributed by atoms with Crippen molar-refractivity contribution in [3.8, 4) is 10.8 Å². The predicted molar refractivity (Wildman–Crippen MR) is 121 cm³/mol. The number of para-hydroxylation sites is 1. The minimum absolute atomic E-state index is 0.468. The number of aryl methyl sites for hydroxylation is 1. The molecule has 0 saturated heterocycles. The highest BCUT2D eigenvalue weighted by Gasteiger charge is 2.10. The van der Waals surface area contributed by atoms with Gasteiger partial charge in [0.1, 0.15) is 12.3 Å². The molecule has 0 amide bonds. The molecule has 150 valence electrons. The van der Waals surface area contributed by atoms with Crippen LogP contribution in [0.25, 0.3) is 21.0 Å². The fourth-order valence-electron chi connectivity index (χ4n) is 2.89. The number of furan rings is 1. The highest BCUT2D eigenvalue weighted by Crippen LogP contribution is 2.31. The van der Waals surface area contributed by atoms with Gasteiger partial charge in [0.2, 0.25) is 0 Å². The van der Waals surface area contributed by atoms with Crippen LogP contribution in [0.15, 0.2) is 51.2 Å². The van der Waals surface area contributed by atoms with Gasteiger partial charge in [-0.15, -0.1) is 22.7 Å². The van der Waals surface area contributed by atoms with Gasteiger partial charge in [0.15, 0.2) is 16.7 Å². The van der Waals surface area contributed by atoms with Gasteiger partial charge in [-0.05, 0) is 38.1 Å². The first-order valence-corrected chi connectivity index (χ1v) is 11.3. The molecule has 0 atom stereocenters. The Morgan fingerprint density at radius 3 is 2.83 bits per heavy atom. The van der Waals surface area contributed by atoms with Gasteiger partial charge in [-0.1, -0.05) is 12.1 Å². The first-order valence-electron chi connectivity index (χ1n) is 9.59. The predicted octanol–water partition coefficient (Wildman–Crippen LogP) is 4.62.